The molecule has 1 heterocycles. The summed E-state index contributed by atoms with van der Waals surface area (Å²) in [6, 6.07) is 20.7. The Labute approximate surface area is 157 Å². The fourth-order valence-electron chi connectivity index (χ4n) is 4.01. The molecule has 1 saturated heterocycles. The zero-order chi connectivity index (χ0) is 18.4. The van der Waals surface area contributed by atoms with Crippen molar-refractivity contribution >= 4 is 11.6 Å². The highest BCUT2D eigenvalue weighted by atomic mass is 16.2. The second-order valence-corrected chi connectivity index (χ2v) is 7.33. The van der Waals surface area contributed by atoms with E-state index in [0.717, 1.165) is 44.7 Å². The first-order valence-corrected chi connectivity index (χ1v) is 9.81. The average molecular weight is 351 g/mol. The Bertz CT molecular complexity index is 686. The molecule has 0 radical (unpaired) electrons. The van der Waals surface area contributed by atoms with E-state index in [4.69, 9.17) is 0 Å². The van der Waals surface area contributed by atoms with Crippen LogP contribution in [-0.4, -0.2) is 37.0 Å². The fraction of sp³-hybridized carbons (Fsp3) is 0.435. The lowest BCUT2D eigenvalue weighted by Crippen LogP contribution is -2.47. The van der Waals surface area contributed by atoms with Crippen molar-refractivity contribution in [2.24, 2.45) is 11.8 Å². The smallest absolute Gasteiger partial charge is 0.230 e. The summed E-state index contributed by atoms with van der Waals surface area (Å²) in [5.41, 5.74) is 2.40. The highest BCUT2D eigenvalue weighted by Gasteiger charge is 2.33. The minimum atomic E-state index is 0.128. The number of amides is 1. The Balaban J connectivity index is 1.57. The zero-order valence-corrected chi connectivity index (χ0v) is 16.0. The van der Waals surface area contributed by atoms with Gasteiger partial charge in [-0.2, -0.15) is 0 Å². The number of piperidine rings is 1. The van der Waals surface area contributed by atoms with Crippen LogP contribution in [0.2, 0.25) is 0 Å². The lowest BCUT2D eigenvalue weighted by atomic mass is 9.85. The lowest BCUT2D eigenvalue weighted by Gasteiger charge is -2.38. The monoisotopic (exact) mass is 350 g/mol. The largest absolute Gasteiger partial charge is 0.312 e. The Kier molecular flexibility index (Phi) is 6.45. The van der Waals surface area contributed by atoms with Gasteiger partial charge in [0.1, 0.15) is 0 Å². The van der Waals surface area contributed by atoms with Crippen molar-refractivity contribution in [1.29, 1.82) is 0 Å². The molecule has 1 aliphatic heterocycles. The van der Waals surface area contributed by atoms with Crippen molar-refractivity contribution in [3.63, 3.8) is 0 Å². The van der Waals surface area contributed by atoms with Gasteiger partial charge in [-0.25, -0.2) is 0 Å². The van der Waals surface area contributed by atoms with Crippen LogP contribution in [0.3, 0.4) is 0 Å². The Hall–Kier alpha value is -2.13. The van der Waals surface area contributed by atoms with Gasteiger partial charge in [0.25, 0.3) is 0 Å². The maximum Gasteiger partial charge on any atom is 0.230 e. The van der Waals surface area contributed by atoms with Crippen LogP contribution < -0.4 is 4.90 Å². The number of likely N-dealkylation sites (tertiary alicyclic amines) is 1. The standard InChI is InChI=1S/C23H30N2O/c1-3-25(21-12-8-5-9-13-21)23(26)22-15-17-24(18-19(22)2)16-14-20-10-6-4-7-11-20/h4-13,19,22H,3,14-18H2,1-2H3. The van der Waals surface area contributed by atoms with Gasteiger partial charge in [-0.15, -0.1) is 0 Å². The van der Waals surface area contributed by atoms with E-state index < -0.39 is 0 Å². The molecule has 2 aromatic rings. The summed E-state index contributed by atoms with van der Waals surface area (Å²) < 4.78 is 0. The summed E-state index contributed by atoms with van der Waals surface area (Å²) in [5, 5.41) is 0. The van der Waals surface area contributed by atoms with Gasteiger partial charge in [-0.1, -0.05) is 55.5 Å². The second kappa shape index (κ2) is 9.00. The molecule has 0 aromatic heterocycles. The first-order chi connectivity index (χ1) is 12.7. The molecular formula is C23H30N2O. The molecule has 138 valence electrons. The van der Waals surface area contributed by atoms with Gasteiger partial charge in [0.2, 0.25) is 5.91 Å². The molecule has 0 aliphatic carbocycles. The Morgan fingerprint density at radius 1 is 1.08 bits per heavy atom. The third-order valence-corrected chi connectivity index (χ3v) is 5.52. The fourth-order valence-corrected chi connectivity index (χ4v) is 4.01. The number of benzene rings is 2. The van der Waals surface area contributed by atoms with Crippen LogP contribution in [0.5, 0.6) is 0 Å². The summed E-state index contributed by atoms with van der Waals surface area (Å²) in [7, 11) is 0. The SMILES string of the molecule is CCN(C(=O)C1CCN(CCc2ccccc2)CC1C)c1ccccc1. The highest BCUT2D eigenvalue weighted by Crippen LogP contribution is 2.27. The highest BCUT2D eigenvalue weighted by molar-refractivity contribution is 5.95. The van der Waals surface area contributed by atoms with Crippen LogP contribution >= 0.6 is 0 Å². The van der Waals surface area contributed by atoms with Crippen molar-refractivity contribution < 1.29 is 4.79 Å². The molecule has 1 aliphatic rings. The molecule has 3 heteroatoms. The number of hydrogen-bond donors (Lipinski definition) is 0. The van der Waals surface area contributed by atoms with Gasteiger partial charge < -0.3 is 9.80 Å². The minimum absolute atomic E-state index is 0.128. The van der Waals surface area contributed by atoms with Crippen LogP contribution in [-0.2, 0) is 11.2 Å². The quantitative estimate of drug-likeness (QED) is 0.778. The molecule has 26 heavy (non-hydrogen) atoms. The number of carbonyl (C=O) groups is 1. The van der Waals surface area contributed by atoms with Crippen molar-refractivity contribution in [3.8, 4) is 0 Å². The summed E-state index contributed by atoms with van der Waals surface area (Å²) in [4.78, 5) is 17.6. The number of para-hydroxylation sites is 1. The zero-order valence-electron chi connectivity index (χ0n) is 16.0. The predicted octanol–water partition coefficient (Wildman–Crippen LogP) is 4.24. The topological polar surface area (TPSA) is 23.6 Å². The summed E-state index contributed by atoms with van der Waals surface area (Å²) in [6.07, 6.45) is 2.04. The third-order valence-electron chi connectivity index (χ3n) is 5.52. The van der Waals surface area contributed by atoms with Crippen molar-refractivity contribution in [3.05, 3.63) is 66.2 Å². The van der Waals surface area contributed by atoms with Gasteiger partial charge in [0.15, 0.2) is 0 Å². The van der Waals surface area contributed by atoms with E-state index in [9.17, 15) is 4.79 Å². The number of hydrogen-bond acceptors (Lipinski definition) is 2. The number of anilines is 1. The first kappa shape index (κ1) is 18.7. The maximum absolute atomic E-state index is 13.1. The molecule has 0 N–H and O–H groups in total. The molecule has 0 spiro atoms. The molecule has 0 bridgehead atoms. The summed E-state index contributed by atoms with van der Waals surface area (Å²) >= 11 is 0. The van der Waals surface area contributed by atoms with Crippen LogP contribution in [0.15, 0.2) is 60.7 Å². The Morgan fingerprint density at radius 3 is 2.35 bits per heavy atom. The van der Waals surface area contributed by atoms with E-state index in [-0.39, 0.29) is 11.8 Å². The first-order valence-electron chi connectivity index (χ1n) is 9.81. The van der Waals surface area contributed by atoms with Crippen LogP contribution in [0.1, 0.15) is 25.8 Å². The van der Waals surface area contributed by atoms with Crippen LogP contribution in [0.4, 0.5) is 5.69 Å². The normalized spacial score (nSPS) is 20.7. The summed E-state index contributed by atoms with van der Waals surface area (Å²) in [6.45, 7) is 8.12. The van der Waals surface area contributed by atoms with Crippen LogP contribution in [0.25, 0.3) is 0 Å². The molecule has 1 amide bonds. The van der Waals surface area contributed by atoms with Crippen LogP contribution in [0, 0.1) is 11.8 Å². The van der Waals surface area contributed by atoms with Gasteiger partial charge in [0, 0.05) is 31.2 Å². The average Bonchev–Trinajstić information content (AvgIpc) is 2.68. The van der Waals surface area contributed by atoms with E-state index in [1.54, 1.807) is 0 Å². The van der Waals surface area contributed by atoms with E-state index in [1.807, 2.05) is 35.2 Å². The molecule has 0 saturated carbocycles. The van der Waals surface area contributed by atoms with Gasteiger partial charge in [-0.3, -0.25) is 4.79 Å². The van der Waals surface area contributed by atoms with Crippen molar-refractivity contribution in [2.75, 3.05) is 31.1 Å². The molecular weight excluding hydrogens is 320 g/mol. The lowest BCUT2D eigenvalue weighted by molar-refractivity contribution is -0.125. The number of rotatable bonds is 6. The molecule has 3 nitrogen and oxygen atoms in total. The second-order valence-electron chi connectivity index (χ2n) is 7.33. The van der Waals surface area contributed by atoms with Gasteiger partial charge in [0.05, 0.1) is 0 Å². The van der Waals surface area contributed by atoms with Crippen molar-refractivity contribution in [1.82, 2.24) is 4.90 Å². The molecule has 2 unspecified atom stereocenters. The number of nitrogens with zero attached hydrogens (tertiary/aromatic N) is 2. The van der Waals surface area contributed by atoms with E-state index in [1.165, 1.54) is 5.56 Å². The van der Waals surface area contributed by atoms with E-state index >= 15 is 0 Å². The Morgan fingerprint density at radius 2 is 1.73 bits per heavy atom. The minimum Gasteiger partial charge on any atom is -0.312 e. The van der Waals surface area contributed by atoms with Gasteiger partial charge >= 0.3 is 0 Å². The maximum atomic E-state index is 13.1. The third kappa shape index (κ3) is 4.53. The van der Waals surface area contributed by atoms with Gasteiger partial charge in [-0.05, 0) is 49.9 Å². The molecule has 3 rings (SSSR count). The van der Waals surface area contributed by atoms with E-state index in [2.05, 4.69) is 49.1 Å². The summed E-state index contributed by atoms with van der Waals surface area (Å²) in [5.74, 6) is 0.807. The predicted molar refractivity (Wildman–Crippen MR) is 108 cm³/mol. The molecule has 2 atom stereocenters. The van der Waals surface area contributed by atoms with Crippen molar-refractivity contribution in [2.45, 2.75) is 26.7 Å². The number of carbonyl (C=O) groups excluding carboxylic acids is 1. The molecule has 1 fully saturated rings. The van der Waals surface area contributed by atoms with E-state index in [0.29, 0.717) is 5.92 Å². The molecule has 2 aromatic carbocycles.